The molecule has 4 nitrogen and oxygen atoms in total. The van der Waals surface area contributed by atoms with Crippen LogP contribution in [-0.4, -0.2) is 17.7 Å². The van der Waals surface area contributed by atoms with Gasteiger partial charge in [-0.2, -0.15) is 4.31 Å². The van der Waals surface area contributed by atoms with Gasteiger partial charge in [-0.3, -0.25) is 4.98 Å². The van der Waals surface area contributed by atoms with E-state index in [0.717, 1.165) is 33.4 Å². The maximum atomic E-state index is 13.8. The first-order valence-corrected chi connectivity index (χ1v) is 13.2. The SMILES string of the molecule is O=S(=O)(c1ccc(-c2ccccc2)cc1)N(Cc1ccc(-c2ccccc2)cc1)Cc1cccnc1. The van der Waals surface area contributed by atoms with Gasteiger partial charge >= 0.3 is 0 Å². The molecule has 0 bridgehead atoms. The molecule has 0 aliphatic heterocycles. The molecule has 0 fully saturated rings. The lowest BCUT2D eigenvalue weighted by Gasteiger charge is -2.23. The molecule has 5 aromatic rings. The molecule has 0 saturated carbocycles. The zero-order valence-corrected chi connectivity index (χ0v) is 20.6. The summed E-state index contributed by atoms with van der Waals surface area (Å²) in [6, 6.07) is 38.9. The van der Waals surface area contributed by atoms with Crippen LogP contribution >= 0.6 is 0 Å². The van der Waals surface area contributed by atoms with Gasteiger partial charge in [-0.05, 0) is 51.6 Å². The number of rotatable bonds is 8. The average molecular weight is 491 g/mol. The van der Waals surface area contributed by atoms with Crippen LogP contribution < -0.4 is 0 Å². The number of aromatic nitrogens is 1. The highest BCUT2D eigenvalue weighted by atomic mass is 32.2. The maximum Gasteiger partial charge on any atom is 0.243 e. The summed E-state index contributed by atoms with van der Waals surface area (Å²) in [6.07, 6.45) is 3.40. The number of benzene rings is 4. The van der Waals surface area contributed by atoms with Crippen molar-refractivity contribution < 1.29 is 8.42 Å². The Kier molecular flexibility index (Phi) is 7.03. The number of pyridine rings is 1. The third kappa shape index (κ3) is 5.43. The molecule has 5 rings (SSSR count). The molecular weight excluding hydrogens is 464 g/mol. The lowest BCUT2D eigenvalue weighted by Crippen LogP contribution is -2.30. The molecule has 0 saturated heterocycles. The highest BCUT2D eigenvalue weighted by Gasteiger charge is 2.25. The smallest absolute Gasteiger partial charge is 0.243 e. The molecule has 0 spiro atoms. The van der Waals surface area contributed by atoms with E-state index in [9.17, 15) is 8.42 Å². The van der Waals surface area contributed by atoms with Crippen LogP contribution in [0.4, 0.5) is 0 Å². The molecular formula is C31H26N2O2S. The summed E-state index contributed by atoms with van der Waals surface area (Å²) in [6.45, 7) is 0.490. The first kappa shape index (κ1) is 23.7. The highest BCUT2D eigenvalue weighted by molar-refractivity contribution is 7.89. The molecule has 1 heterocycles. The number of hydrogen-bond donors (Lipinski definition) is 0. The molecule has 0 unspecified atom stereocenters. The molecule has 178 valence electrons. The van der Waals surface area contributed by atoms with Crippen molar-refractivity contribution in [3.05, 3.63) is 145 Å². The van der Waals surface area contributed by atoms with E-state index >= 15 is 0 Å². The zero-order valence-electron chi connectivity index (χ0n) is 19.7. The van der Waals surface area contributed by atoms with Crippen molar-refractivity contribution >= 4 is 10.0 Å². The first-order valence-electron chi connectivity index (χ1n) is 11.8. The summed E-state index contributed by atoms with van der Waals surface area (Å²) in [5.41, 5.74) is 6.00. The third-order valence-corrected chi connectivity index (χ3v) is 7.91. The number of sulfonamides is 1. The number of hydrogen-bond acceptors (Lipinski definition) is 3. The summed E-state index contributed by atoms with van der Waals surface area (Å²) in [5, 5.41) is 0. The van der Waals surface area contributed by atoms with E-state index in [0.29, 0.717) is 0 Å². The Labute approximate surface area is 212 Å². The van der Waals surface area contributed by atoms with Gasteiger partial charge in [0.15, 0.2) is 0 Å². The Morgan fingerprint density at radius 2 is 1.03 bits per heavy atom. The Balaban J connectivity index is 1.43. The summed E-state index contributed by atoms with van der Waals surface area (Å²) in [4.78, 5) is 4.44. The van der Waals surface area contributed by atoms with Crippen LogP contribution in [0.2, 0.25) is 0 Å². The van der Waals surface area contributed by atoms with Crippen LogP contribution in [0.5, 0.6) is 0 Å². The van der Waals surface area contributed by atoms with E-state index in [2.05, 4.69) is 17.1 Å². The number of nitrogens with zero attached hydrogens (tertiary/aromatic N) is 2. The molecule has 5 heteroatoms. The van der Waals surface area contributed by atoms with Gasteiger partial charge in [-0.15, -0.1) is 0 Å². The van der Waals surface area contributed by atoms with Gasteiger partial charge in [-0.1, -0.05) is 103 Å². The fraction of sp³-hybridized carbons (Fsp3) is 0.0645. The van der Waals surface area contributed by atoms with Crippen molar-refractivity contribution in [2.24, 2.45) is 0 Å². The standard InChI is InChI=1S/C31H26N2O2S/c34-36(35,31-19-17-30(18-20-31)28-11-5-2-6-12-28)33(24-26-8-7-21-32-22-26)23-25-13-15-29(16-14-25)27-9-3-1-4-10-27/h1-22H,23-24H2. The predicted octanol–water partition coefficient (Wildman–Crippen LogP) is 6.81. The minimum atomic E-state index is -3.75. The minimum Gasteiger partial charge on any atom is -0.264 e. The molecule has 0 amide bonds. The molecule has 1 aromatic heterocycles. The van der Waals surface area contributed by atoms with Crippen molar-refractivity contribution in [3.8, 4) is 22.3 Å². The van der Waals surface area contributed by atoms with Crippen molar-refractivity contribution in [1.29, 1.82) is 0 Å². The second-order valence-corrected chi connectivity index (χ2v) is 10.5. The van der Waals surface area contributed by atoms with Crippen molar-refractivity contribution in [1.82, 2.24) is 9.29 Å². The largest absolute Gasteiger partial charge is 0.264 e. The van der Waals surface area contributed by atoms with E-state index in [-0.39, 0.29) is 18.0 Å². The van der Waals surface area contributed by atoms with E-state index in [4.69, 9.17) is 0 Å². The monoisotopic (exact) mass is 490 g/mol. The first-order chi connectivity index (χ1) is 17.6. The van der Waals surface area contributed by atoms with E-state index in [1.165, 1.54) is 4.31 Å². The Hall–Kier alpha value is -4.06. The fourth-order valence-corrected chi connectivity index (χ4v) is 5.57. The summed E-state index contributed by atoms with van der Waals surface area (Å²) >= 11 is 0. The van der Waals surface area contributed by atoms with Gasteiger partial charge in [0.25, 0.3) is 0 Å². The van der Waals surface area contributed by atoms with E-state index in [1.807, 2.05) is 97.1 Å². The highest BCUT2D eigenvalue weighted by Crippen LogP contribution is 2.26. The molecule has 0 aliphatic rings. The van der Waals surface area contributed by atoms with E-state index < -0.39 is 10.0 Å². The lowest BCUT2D eigenvalue weighted by atomic mass is 10.0. The average Bonchev–Trinajstić information content (AvgIpc) is 2.95. The summed E-state index contributed by atoms with van der Waals surface area (Å²) in [5.74, 6) is 0. The van der Waals surface area contributed by atoms with Crippen LogP contribution in [0.15, 0.2) is 139 Å². The molecule has 0 radical (unpaired) electrons. The maximum absolute atomic E-state index is 13.8. The van der Waals surface area contributed by atoms with Crippen LogP contribution in [0.25, 0.3) is 22.3 Å². The van der Waals surface area contributed by atoms with Crippen LogP contribution in [0, 0.1) is 0 Å². The molecule has 36 heavy (non-hydrogen) atoms. The predicted molar refractivity (Wildman–Crippen MR) is 144 cm³/mol. The Morgan fingerprint density at radius 1 is 0.528 bits per heavy atom. The minimum absolute atomic E-state index is 0.233. The van der Waals surface area contributed by atoms with Gasteiger partial charge in [0.2, 0.25) is 10.0 Å². The quantitative estimate of drug-likeness (QED) is 0.240. The third-order valence-electron chi connectivity index (χ3n) is 6.10. The second kappa shape index (κ2) is 10.7. The van der Waals surface area contributed by atoms with Crippen molar-refractivity contribution in [3.63, 3.8) is 0 Å². The summed E-state index contributed by atoms with van der Waals surface area (Å²) in [7, 11) is -3.75. The van der Waals surface area contributed by atoms with Gasteiger partial charge < -0.3 is 0 Å². The zero-order chi connectivity index (χ0) is 24.8. The van der Waals surface area contributed by atoms with Crippen molar-refractivity contribution in [2.45, 2.75) is 18.0 Å². The Bertz CT molecular complexity index is 1500. The molecule has 4 aromatic carbocycles. The van der Waals surface area contributed by atoms with Crippen LogP contribution in [-0.2, 0) is 23.1 Å². The lowest BCUT2D eigenvalue weighted by molar-refractivity contribution is 0.400. The van der Waals surface area contributed by atoms with Gasteiger partial charge in [0.1, 0.15) is 0 Å². The Morgan fingerprint density at radius 3 is 1.56 bits per heavy atom. The second-order valence-electron chi connectivity index (χ2n) is 8.59. The molecule has 0 atom stereocenters. The fourth-order valence-electron chi connectivity index (χ4n) is 4.16. The molecule has 0 aliphatic carbocycles. The van der Waals surface area contributed by atoms with Crippen LogP contribution in [0.3, 0.4) is 0 Å². The van der Waals surface area contributed by atoms with Gasteiger partial charge in [0, 0.05) is 25.5 Å². The van der Waals surface area contributed by atoms with Gasteiger partial charge in [0.05, 0.1) is 4.90 Å². The van der Waals surface area contributed by atoms with E-state index in [1.54, 1.807) is 24.5 Å². The summed E-state index contributed by atoms with van der Waals surface area (Å²) < 4.78 is 29.1. The van der Waals surface area contributed by atoms with Gasteiger partial charge in [-0.25, -0.2) is 8.42 Å². The van der Waals surface area contributed by atoms with Crippen molar-refractivity contribution in [2.75, 3.05) is 0 Å². The van der Waals surface area contributed by atoms with Crippen LogP contribution in [0.1, 0.15) is 11.1 Å². The normalized spacial score (nSPS) is 11.5. The topological polar surface area (TPSA) is 50.3 Å². The molecule has 0 N–H and O–H groups in total.